The van der Waals surface area contributed by atoms with Crippen molar-refractivity contribution in [3.8, 4) is 0 Å². The van der Waals surface area contributed by atoms with Crippen LogP contribution in [-0.4, -0.2) is 34.4 Å². The normalized spacial score (nSPS) is 25.1. The van der Waals surface area contributed by atoms with E-state index in [1.54, 1.807) is 12.3 Å². The molecule has 1 aliphatic rings. The van der Waals surface area contributed by atoms with Crippen molar-refractivity contribution < 1.29 is 10.2 Å². The molecule has 1 aliphatic heterocycles. The van der Waals surface area contributed by atoms with Crippen molar-refractivity contribution >= 4 is 5.82 Å². The molecule has 0 saturated carbocycles. The molecule has 0 radical (unpaired) electrons. The maximum absolute atomic E-state index is 9.38. The van der Waals surface area contributed by atoms with Crippen LogP contribution in [-0.2, 0) is 6.61 Å². The number of anilines is 1. The van der Waals surface area contributed by atoms with Gasteiger partial charge in [-0.15, -0.1) is 0 Å². The smallest absolute Gasteiger partial charge is 0.129 e. The van der Waals surface area contributed by atoms with E-state index >= 15 is 0 Å². The highest BCUT2D eigenvalue weighted by molar-refractivity contribution is 5.43. The van der Waals surface area contributed by atoms with E-state index in [1.807, 2.05) is 6.07 Å². The molecule has 0 aromatic carbocycles. The highest BCUT2D eigenvalue weighted by Gasteiger charge is 2.31. The first-order valence-electron chi connectivity index (χ1n) is 5.69. The molecule has 0 spiro atoms. The van der Waals surface area contributed by atoms with Crippen LogP contribution in [0.4, 0.5) is 5.82 Å². The molecule has 2 N–H and O–H groups in total. The van der Waals surface area contributed by atoms with Gasteiger partial charge in [0.2, 0.25) is 0 Å². The summed E-state index contributed by atoms with van der Waals surface area (Å²) in [6.07, 6.45) is 2.79. The van der Waals surface area contributed by atoms with Crippen LogP contribution in [0.1, 0.15) is 18.9 Å². The summed E-state index contributed by atoms with van der Waals surface area (Å²) in [4.78, 5) is 6.43. The van der Waals surface area contributed by atoms with Crippen LogP contribution in [0.3, 0.4) is 0 Å². The van der Waals surface area contributed by atoms with Crippen LogP contribution in [0.15, 0.2) is 18.3 Å². The van der Waals surface area contributed by atoms with Gasteiger partial charge in [0.05, 0.1) is 19.3 Å². The molecular formula is C12H18N2O2. The first-order valence-corrected chi connectivity index (χ1v) is 5.69. The molecule has 4 heteroatoms. The minimum atomic E-state index is 0.0305. The molecule has 2 heterocycles. The van der Waals surface area contributed by atoms with Gasteiger partial charge in [0.1, 0.15) is 5.82 Å². The Morgan fingerprint density at radius 1 is 1.50 bits per heavy atom. The van der Waals surface area contributed by atoms with Gasteiger partial charge in [-0.1, -0.05) is 6.92 Å². The van der Waals surface area contributed by atoms with E-state index in [0.29, 0.717) is 5.92 Å². The molecular weight excluding hydrogens is 204 g/mol. The van der Waals surface area contributed by atoms with Crippen molar-refractivity contribution in [1.29, 1.82) is 0 Å². The van der Waals surface area contributed by atoms with Crippen molar-refractivity contribution in [3.63, 3.8) is 0 Å². The molecule has 1 fully saturated rings. The first kappa shape index (κ1) is 11.4. The first-order chi connectivity index (χ1) is 7.76. The van der Waals surface area contributed by atoms with Crippen LogP contribution < -0.4 is 4.90 Å². The van der Waals surface area contributed by atoms with E-state index in [4.69, 9.17) is 5.11 Å². The monoisotopic (exact) mass is 222 g/mol. The Balaban J connectivity index is 2.22. The van der Waals surface area contributed by atoms with Gasteiger partial charge < -0.3 is 15.1 Å². The largest absolute Gasteiger partial charge is 0.394 e. The Kier molecular flexibility index (Phi) is 3.41. The lowest BCUT2D eigenvalue weighted by molar-refractivity contribution is 0.244. The summed E-state index contributed by atoms with van der Waals surface area (Å²) >= 11 is 0. The summed E-state index contributed by atoms with van der Waals surface area (Å²) in [5.74, 6) is 1.35. The fourth-order valence-electron chi connectivity index (χ4n) is 2.29. The average Bonchev–Trinajstić information content (AvgIpc) is 2.70. The van der Waals surface area contributed by atoms with Crippen LogP contribution in [0.25, 0.3) is 0 Å². The van der Waals surface area contributed by atoms with Crippen LogP contribution >= 0.6 is 0 Å². The van der Waals surface area contributed by atoms with Gasteiger partial charge in [0.15, 0.2) is 0 Å². The average molecular weight is 222 g/mol. The second-order valence-corrected chi connectivity index (χ2v) is 4.39. The zero-order valence-corrected chi connectivity index (χ0v) is 9.50. The van der Waals surface area contributed by atoms with E-state index < -0.39 is 0 Å². The SMILES string of the molecule is CC1CCN(c2cc(CO)ccn2)C1CO. The summed E-state index contributed by atoms with van der Waals surface area (Å²) in [6, 6.07) is 3.85. The number of hydrogen-bond acceptors (Lipinski definition) is 4. The Bertz CT molecular complexity index is 357. The number of rotatable bonds is 3. The molecule has 88 valence electrons. The third-order valence-electron chi connectivity index (χ3n) is 3.36. The lowest BCUT2D eigenvalue weighted by atomic mass is 10.0. The molecule has 16 heavy (non-hydrogen) atoms. The standard InChI is InChI=1S/C12H18N2O2/c1-9-3-5-14(11(9)8-16)12-6-10(7-15)2-4-13-12/h2,4,6,9,11,15-16H,3,5,7-8H2,1H3. The second kappa shape index (κ2) is 4.80. The second-order valence-electron chi connectivity index (χ2n) is 4.39. The van der Waals surface area contributed by atoms with Crippen molar-refractivity contribution in [2.75, 3.05) is 18.1 Å². The number of aliphatic hydroxyl groups excluding tert-OH is 2. The fourth-order valence-corrected chi connectivity index (χ4v) is 2.29. The van der Waals surface area contributed by atoms with Crippen molar-refractivity contribution in [2.24, 2.45) is 5.92 Å². The molecule has 2 atom stereocenters. The predicted molar refractivity (Wildman–Crippen MR) is 62.2 cm³/mol. The van der Waals surface area contributed by atoms with E-state index in [1.165, 1.54) is 0 Å². The lowest BCUT2D eigenvalue weighted by Crippen LogP contribution is -2.35. The third-order valence-corrected chi connectivity index (χ3v) is 3.36. The molecule has 4 nitrogen and oxygen atoms in total. The number of nitrogens with zero attached hydrogens (tertiary/aromatic N) is 2. The van der Waals surface area contributed by atoms with Gasteiger partial charge in [-0.05, 0) is 30.0 Å². The van der Waals surface area contributed by atoms with E-state index in [-0.39, 0.29) is 19.3 Å². The van der Waals surface area contributed by atoms with Gasteiger partial charge in [0.25, 0.3) is 0 Å². The van der Waals surface area contributed by atoms with Crippen LogP contribution in [0.5, 0.6) is 0 Å². The third kappa shape index (κ3) is 2.03. The number of aliphatic hydroxyl groups is 2. The molecule has 0 aliphatic carbocycles. The molecule has 1 saturated heterocycles. The topological polar surface area (TPSA) is 56.6 Å². The summed E-state index contributed by atoms with van der Waals surface area (Å²) in [5, 5.41) is 18.5. The highest BCUT2D eigenvalue weighted by atomic mass is 16.3. The Labute approximate surface area is 95.5 Å². The number of aromatic nitrogens is 1. The molecule has 0 amide bonds. The minimum absolute atomic E-state index is 0.0305. The summed E-state index contributed by atoms with van der Waals surface area (Å²) in [5.41, 5.74) is 0.862. The quantitative estimate of drug-likeness (QED) is 0.793. The maximum atomic E-state index is 9.38. The summed E-state index contributed by atoms with van der Waals surface area (Å²) in [6.45, 7) is 3.26. The number of hydrogen-bond donors (Lipinski definition) is 2. The zero-order valence-electron chi connectivity index (χ0n) is 9.50. The fraction of sp³-hybridized carbons (Fsp3) is 0.583. The Morgan fingerprint density at radius 3 is 3.00 bits per heavy atom. The van der Waals surface area contributed by atoms with Crippen molar-refractivity contribution in [1.82, 2.24) is 4.98 Å². The zero-order chi connectivity index (χ0) is 11.5. The number of pyridine rings is 1. The summed E-state index contributed by atoms with van der Waals surface area (Å²) in [7, 11) is 0. The van der Waals surface area contributed by atoms with Gasteiger partial charge in [-0.3, -0.25) is 0 Å². The molecule has 2 rings (SSSR count). The molecule has 0 bridgehead atoms. The lowest BCUT2D eigenvalue weighted by Gasteiger charge is -2.26. The van der Waals surface area contributed by atoms with Crippen LogP contribution in [0, 0.1) is 5.92 Å². The van der Waals surface area contributed by atoms with Gasteiger partial charge in [-0.25, -0.2) is 4.98 Å². The van der Waals surface area contributed by atoms with Gasteiger partial charge >= 0.3 is 0 Å². The van der Waals surface area contributed by atoms with Gasteiger partial charge in [-0.2, -0.15) is 0 Å². The highest BCUT2D eigenvalue weighted by Crippen LogP contribution is 2.28. The van der Waals surface area contributed by atoms with E-state index in [2.05, 4.69) is 16.8 Å². The Hall–Kier alpha value is -1.13. The minimum Gasteiger partial charge on any atom is -0.394 e. The molecule has 2 unspecified atom stereocenters. The Morgan fingerprint density at radius 2 is 2.31 bits per heavy atom. The van der Waals surface area contributed by atoms with Crippen LogP contribution in [0.2, 0.25) is 0 Å². The van der Waals surface area contributed by atoms with Crippen molar-refractivity contribution in [3.05, 3.63) is 23.9 Å². The van der Waals surface area contributed by atoms with E-state index in [9.17, 15) is 5.11 Å². The van der Waals surface area contributed by atoms with Gasteiger partial charge in [0, 0.05) is 12.7 Å². The van der Waals surface area contributed by atoms with E-state index in [0.717, 1.165) is 24.3 Å². The maximum Gasteiger partial charge on any atom is 0.129 e. The predicted octanol–water partition coefficient (Wildman–Crippen LogP) is 0.781. The van der Waals surface area contributed by atoms with Crippen molar-refractivity contribution in [2.45, 2.75) is 26.0 Å². The molecule has 1 aromatic heterocycles. The summed E-state index contributed by atoms with van der Waals surface area (Å²) < 4.78 is 0. The molecule has 1 aromatic rings.